The first-order chi connectivity index (χ1) is 19.4. The van der Waals surface area contributed by atoms with E-state index in [9.17, 15) is 9.59 Å². The van der Waals surface area contributed by atoms with Crippen LogP contribution >= 0.6 is 0 Å². The second kappa shape index (κ2) is 11.9. The molecule has 1 aliphatic carbocycles. The third-order valence-electron chi connectivity index (χ3n) is 7.97. The fourth-order valence-electron chi connectivity index (χ4n) is 5.37. The van der Waals surface area contributed by atoms with Gasteiger partial charge in [0.2, 0.25) is 11.8 Å². The number of amides is 2. The highest BCUT2D eigenvalue weighted by molar-refractivity contribution is 6.34. The minimum Gasteiger partial charge on any atom is -0.497 e. The highest BCUT2D eigenvalue weighted by Gasteiger charge is 2.56. The van der Waals surface area contributed by atoms with Gasteiger partial charge < -0.3 is 25.4 Å². The molecule has 3 aromatic rings. The van der Waals surface area contributed by atoms with E-state index in [1.165, 1.54) is 0 Å². The Morgan fingerprint density at radius 2 is 1.88 bits per heavy atom. The van der Waals surface area contributed by atoms with Gasteiger partial charge in [0, 0.05) is 50.1 Å². The first-order valence-corrected chi connectivity index (χ1v) is 14.1. The van der Waals surface area contributed by atoms with Gasteiger partial charge in [0.1, 0.15) is 19.0 Å². The number of carbonyl (C=O) groups is 2. The second-order valence-electron chi connectivity index (χ2n) is 10.5. The number of hydrogen-bond donors (Lipinski definition) is 3. The number of nitrogens with one attached hydrogen (secondary N) is 3. The Morgan fingerprint density at radius 3 is 2.50 bits per heavy atom. The molecule has 10 nitrogen and oxygen atoms in total. The number of anilines is 1. The van der Waals surface area contributed by atoms with Gasteiger partial charge in [0.25, 0.3) is 0 Å². The summed E-state index contributed by atoms with van der Waals surface area (Å²) in [4.78, 5) is 31.5. The predicted octanol–water partition coefficient (Wildman–Crippen LogP) is 2.12. The topological polar surface area (TPSA) is 119 Å². The third-order valence-corrected chi connectivity index (χ3v) is 7.97. The molecule has 5 rings (SSSR count). The van der Waals surface area contributed by atoms with Crippen LogP contribution < -0.4 is 26.2 Å². The zero-order valence-electron chi connectivity index (χ0n) is 23.5. The van der Waals surface area contributed by atoms with Gasteiger partial charge in [0.15, 0.2) is 5.65 Å². The molecule has 0 spiro atoms. The molecule has 40 heavy (non-hydrogen) atoms. The lowest BCUT2D eigenvalue weighted by Gasteiger charge is -2.27. The number of hydrogen-bond acceptors (Lipinski definition) is 7. The monoisotopic (exact) mass is 544 g/mol. The predicted molar refractivity (Wildman–Crippen MR) is 154 cm³/mol. The minimum absolute atomic E-state index is 0.260. The number of benzene rings is 1. The summed E-state index contributed by atoms with van der Waals surface area (Å²) in [6.45, 7) is 6.81. The third kappa shape index (κ3) is 5.52. The summed E-state index contributed by atoms with van der Waals surface area (Å²) in [5.41, 5.74) is 3.93. The molecular weight excluding hydrogens is 507 g/mol. The van der Waals surface area contributed by atoms with Crippen LogP contribution in [0.3, 0.4) is 0 Å². The van der Waals surface area contributed by atoms with Gasteiger partial charge in [-0.25, -0.2) is 9.67 Å². The number of nitrogens with zero attached hydrogens (tertiary/aromatic N) is 3. The number of carbonyl (C=O) groups excluding carboxylic acids is 2. The molecule has 210 valence electrons. The fraction of sp³-hybridized carbons (Fsp3) is 0.517. The van der Waals surface area contributed by atoms with Crippen LogP contribution in [-0.4, -0.2) is 60.8 Å². The number of methoxy groups -OCH3 is 1. The summed E-state index contributed by atoms with van der Waals surface area (Å²) in [5, 5.41) is 15.2. The van der Waals surface area contributed by atoms with Crippen molar-refractivity contribution in [3.63, 3.8) is 0 Å². The smallest absolute Gasteiger partial charge is 0.235 e. The molecule has 0 bridgehead atoms. The molecule has 1 aromatic carbocycles. The minimum atomic E-state index is -1.05. The first-order valence-electron chi connectivity index (χ1n) is 14.1. The molecule has 3 N–H and O–H groups in total. The highest BCUT2D eigenvalue weighted by Crippen LogP contribution is 2.46. The van der Waals surface area contributed by atoms with Gasteiger partial charge in [0.05, 0.1) is 24.4 Å². The molecule has 2 aliphatic rings. The van der Waals surface area contributed by atoms with Crippen molar-refractivity contribution >= 4 is 41.8 Å². The molecular formula is C29H37BN6O4. The lowest BCUT2D eigenvalue weighted by atomic mass is 9.93. The van der Waals surface area contributed by atoms with Crippen LogP contribution in [0.1, 0.15) is 56.4 Å². The van der Waals surface area contributed by atoms with Gasteiger partial charge in [-0.15, -0.1) is 0 Å². The van der Waals surface area contributed by atoms with E-state index in [4.69, 9.17) is 22.3 Å². The van der Waals surface area contributed by atoms with Crippen molar-refractivity contribution in [2.45, 2.75) is 71.6 Å². The molecule has 2 amide bonds. The van der Waals surface area contributed by atoms with Crippen molar-refractivity contribution in [3.05, 3.63) is 41.2 Å². The van der Waals surface area contributed by atoms with E-state index in [1.807, 2.05) is 23.9 Å². The van der Waals surface area contributed by atoms with Crippen molar-refractivity contribution in [1.82, 2.24) is 25.4 Å². The van der Waals surface area contributed by atoms with E-state index in [1.54, 1.807) is 19.2 Å². The molecule has 1 aliphatic heterocycles. The molecule has 1 saturated heterocycles. The van der Waals surface area contributed by atoms with Crippen molar-refractivity contribution in [2.24, 2.45) is 5.41 Å². The summed E-state index contributed by atoms with van der Waals surface area (Å²) in [5.74, 6) is 0.0519. The van der Waals surface area contributed by atoms with E-state index in [-0.39, 0.29) is 30.9 Å². The molecule has 1 saturated carbocycles. The van der Waals surface area contributed by atoms with Gasteiger partial charge in [-0.2, -0.15) is 5.10 Å². The Bertz CT molecular complexity index is 1400. The Labute approximate surface area is 236 Å². The Morgan fingerprint density at radius 1 is 1.15 bits per heavy atom. The number of rotatable bonds is 11. The van der Waals surface area contributed by atoms with Crippen LogP contribution in [0.25, 0.3) is 11.0 Å². The van der Waals surface area contributed by atoms with E-state index in [0.29, 0.717) is 50.2 Å². The number of ether oxygens (including phenoxy) is 2. The standard InChI is InChI=1S/C29H37BN6O4/c1-4-23-20(25(34-19-8-12-40-13-9-19)21-17-33-36(5-2)26(21)35-23)16-32-28(38)29(10-11-29)27(37)31-15-18-6-7-24(39-3)22(30)14-18/h6-7,14,17,19H,4-5,8-13,15-16H2,1-3H3,(H,31,37)(H,32,38)(H,34,35). The summed E-state index contributed by atoms with van der Waals surface area (Å²) in [6.07, 6.45) is 5.40. The van der Waals surface area contributed by atoms with Crippen molar-refractivity contribution < 1.29 is 19.1 Å². The average Bonchev–Trinajstić information content (AvgIpc) is 3.69. The number of aryl methyl sites for hydroxylation is 2. The normalized spacial score (nSPS) is 16.5. The Balaban J connectivity index is 1.32. The molecule has 2 radical (unpaired) electrons. The molecule has 0 atom stereocenters. The lowest BCUT2D eigenvalue weighted by molar-refractivity contribution is -0.137. The van der Waals surface area contributed by atoms with Gasteiger partial charge in [-0.05, 0) is 50.7 Å². The Hall–Kier alpha value is -3.60. The summed E-state index contributed by atoms with van der Waals surface area (Å²) < 4.78 is 12.6. The quantitative estimate of drug-likeness (QED) is 0.250. The van der Waals surface area contributed by atoms with E-state index in [2.05, 4.69) is 28.0 Å². The maximum Gasteiger partial charge on any atom is 0.235 e. The van der Waals surface area contributed by atoms with Crippen molar-refractivity contribution in [3.8, 4) is 5.75 Å². The van der Waals surface area contributed by atoms with Crippen LogP contribution in [0, 0.1) is 5.41 Å². The summed E-state index contributed by atoms with van der Waals surface area (Å²) in [7, 11) is 7.55. The summed E-state index contributed by atoms with van der Waals surface area (Å²) in [6, 6.07) is 5.64. The molecule has 3 heterocycles. The molecule has 0 unspecified atom stereocenters. The zero-order valence-corrected chi connectivity index (χ0v) is 23.5. The highest BCUT2D eigenvalue weighted by atomic mass is 16.5. The van der Waals surface area contributed by atoms with Crippen LogP contribution in [0.4, 0.5) is 5.69 Å². The number of fused-ring (bicyclic) bond motifs is 1. The van der Waals surface area contributed by atoms with Crippen LogP contribution in [-0.2, 0) is 40.4 Å². The van der Waals surface area contributed by atoms with Crippen molar-refractivity contribution in [1.29, 1.82) is 0 Å². The molecule has 2 aromatic heterocycles. The Kier molecular flexibility index (Phi) is 8.30. The number of pyridine rings is 1. The summed E-state index contributed by atoms with van der Waals surface area (Å²) >= 11 is 0. The maximum absolute atomic E-state index is 13.4. The van der Waals surface area contributed by atoms with Crippen molar-refractivity contribution in [2.75, 3.05) is 25.6 Å². The van der Waals surface area contributed by atoms with Gasteiger partial charge in [-0.1, -0.05) is 24.5 Å². The fourth-order valence-corrected chi connectivity index (χ4v) is 5.37. The lowest BCUT2D eigenvalue weighted by Crippen LogP contribution is -2.43. The number of aromatic nitrogens is 3. The SMILES string of the molecule is [B]c1cc(CNC(=O)C2(C(=O)NCc3c(CC)nc4c(cnn4CC)c3NC3CCOCC3)CC2)ccc1OC. The van der Waals surface area contributed by atoms with E-state index in [0.717, 1.165) is 46.4 Å². The van der Waals surface area contributed by atoms with Crippen LogP contribution in [0.15, 0.2) is 24.4 Å². The van der Waals surface area contributed by atoms with E-state index < -0.39 is 5.41 Å². The van der Waals surface area contributed by atoms with Gasteiger partial charge in [-0.3, -0.25) is 9.59 Å². The molecule has 2 fully saturated rings. The van der Waals surface area contributed by atoms with E-state index >= 15 is 0 Å². The molecule has 11 heteroatoms. The van der Waals surface area contributed by atoms with Crippen LogP contribution in [0.2, 0.25) is 0 Å². The average molecular weight is 544 g/mol. The maximum atomic E-state index is 13.4. The zero-order chi connectivity index (χ0) is 28.3. The second-order valence-corrected chi connectivity index (χ2v) is 10.5. The van der Waals surface area contributed by atoms with Gasteiger partial charge >= 0.3 is 0 Å². The first kappa shape index (κ1) is 28.0. The largest absolute Gasteiger partial charge is 0.497 e. The van der Waals surface area contributed by atoms with Crippen LogP contribution in [0.5, 0.6) is 5.75 Å².